The van der Waals surface area contributed by atoms with Crippen molar-refractivity contribution in [3.8, 4) is 0 Å². The van der Waals surface area contributed by atoms with Crippen LogP contribution >= 0.6 is 0 Å². The number of carbonyl (C=O) groups is 3. The van der Waals surface area contributed by atoms with Crippen molar-refractivity contribution >= 4 is 28.6 Å². The van der Waals surface area contributed by atoms with Crippen molar-refractivity contribution in [3.05, 3.63) is 36.0 Å². The van der Waals surface area contributed by atoms with E-state index in [2.05, 4.69) is 9.72 Å². The number of hydrogen-bond acceptors (Lipinski definition) is 5. The SMILES string of the molecule is CC(=O)C(=O)OC(=O)[C@@H](N)Cc1c[nH]c2ccccc12. The van der Waals surface area contributed by atoms with Gasteiger partial charge in [0.2, 0.25) is 5.78 Å². The van der Waals surface area contributed by atoms with Crippen molar-refractivity contribution < 1.29 is 19.1 Å². The molecule has 0 aliphatic carbocycles. The molecule has 2 rings (SSSR count). The van der Waals surface area contributed by atoms with Crippen LogP contribution in [-0.2, 0) is 25.5 Å². The summed E-state index contributed by atoms with van der Waals surface area (Å²) in [6.45, 7) is 1.03. The first-order chi connectivity index (χ1) is 9.49. The van der Waals surface area contributed by atoms with Gasteiger partial charge in [0.15, 0.2) is 0 Å². The van der Waals surface area contributed by atoms with Crippen LogP contribution in [0.4, 0.5) is 0 Å². The summed E-state index contributed by atoms with van der Waals surface area (Å²) in [5, 5.41) is 0.952. The lowest BCUT2D eigenvalue weighted by molar-refractivity contribution is -0.164. The van der Waals surface area contributed by atoms with E-state index in [-0.39, 0.29) is 6.42 Å². The number of nitrogens with one attached hydrogen (secondary N) is 1. The van der Waals surface area contributed by atoms with E-state index in [1.54, 1.807) is 6.20 Å². The number of fused-ring (bicyclic) bond motifs is 1. The minimum Gasteiger partial charge on any atom is -0.386 e. The number of H-pyrrole nitrogens is 1. The molecule has 0 aliphatic rings. The van der Waals surface area contributed by atoms with Crippen molar-refractivity contribution in [2.45, 2.75) is 19.4 Å². The molecule has 1 heterocycles. The zero-order valence-corrected chi connectivity index (χ0v) is 10.9. The number of carbonyl (C=O) groups excluding carboxylic acids is 3. The van der Waals surface area contributed by atoms with Gasteiger partial charge in [0, 0.05) is 30.4 Å². The molecule has 1 aromatic heterocycles. The second kappa shape index (κ2) is 5.66. The summed E-state index contributed by atoms with van der Waals surface area (Å²) in [7, 11) is 0. The molecule has 2 aromatic rings. The molecule has 0 aliphatic heterocycles. The number of para-hydroxylation sites is 1. The van der Waals surface area contributed by atoms with Crippen LogP contribution in [0.1, 0.15) is 12.5 Å². The molecule has 6 nitrogen and oxygen atoms in total. The van der Waals surface area contributed by atoms with Crippen molar-refractivity contribution in [2.24, 2.45) is 5.73 Å². The normalized spacial score (nSPS) is 12.1. The molecule has 20 heavy (non-hydrogen) atoms. The highest BCUT2D eigenvalue weighted by atomic mass is 16.6. The number of Topliss-reactive ketones (excluding diaryl/α,β-unsaturated/α-hetero) is 1. The van der Waals surface area contributed by atoms with Crippen molar-refractivity contribution in [1.29, 1.82) is 0 Å². The van der Waals surface area contributed by atoms with Gasteiger partial charge in [-0.1, -0.05) is 18.2 Å². The Kier molecular flexibility index (Phi) is 3.95. The Morgan fingerprint density at radius 1 is 1.30 bits per heavy atom. The van der Waals surface area contributed by atoms with Crippen LogP contribution in [0.2, 0.25) is 0 Å². The number of benzene rings is 1. The second-order valence-corrected chi connectivity index (χ2v) is 4.43. The van der Waals surface area contributed by atoms with Gasteiger partial charge in [0.1, 0.15) is 6.04 Å². The van der Waals surface area contributed by atoms with E-state index in [1.165, 1.54) is 0 Å². The van der Waals surface area contributed by atoms with Gasteiger partial charge in [-0.15, -0.1) is 0 Å². The fourth-order valence-corrected chi connectivity index (χ4v) is 1.86. The van der Waals surface area contributed by atoms with Crippen molar-refractivity contribution in [2.75, 3.05) is 0 Å². The number of aromatic nitrogens is 1. The van der Waals surface area contributed by atoms with Crippen LogP contribution < -0.4 is 5.73 Å². The average molecular weight is 274 g/mol. The number of nitrogens with two attached hydrogens (primary N) is 1. The molecule has 0 radical (unpaired) electrons. The first-order valence-electron chi connectivity index (χ1n) is 6.06. The van der Waals surface area contributed by atoms with Crippen molar-refractivity contribution in [1.82, 2.24) is 4.98 Å². The summed E-state index contributed by atoms with van der Waals surface area (Å²) in [6.07, 6.45) is 1.97. The number of esters is 2. The van der Waals surface area contributed by atoms with Gasteiger partial charge in [0.05, 0.1) is 0 Å². The van der Waals surface area contributed by atoms with E-state index < -0.39 is 23.8 Å². The summed E-state index contributed by atoms with van der Waals surface area (Å²) in [4.78, 5) is 36.4. The standard InChI is InChI=1S/C14H14N2O4/c1-8(17)13(18)20-14(19)11(15)6-9-7-16-12-5-3-2-4-10(9)12/h2-5,7,11,16H,6,15H2,1H3/t11-/m0/s1. The Morgan fingerprint density at radius 3 is 2.70 bits per heavy atom. The fourth-order valence-electron chi connectivity index (χ4n) is 1.86. The van der Waals surface area contributed by atoms with E-state index in [4.69, 9.17) is 5.73 Å². The molecule has 0 saturated heterocycles. The maximum absolute atomic E-state index is 11.6. The Hall–Kier alpha value is -2.47. The molecular formula is C14H14N2O4. The maximum Gasteiger partial charge on any atom is 0.381 e. The molecule has 0 spiro atoms. The predicted octanol–water partition coefficient (Wildman–Crippen LogP) is 0.696. The highest BCUT2D eigenvalue weighted by molar-refractivity contribution is 6.34. The molecule has 0 saturated carbocycles. The largest absolute Gasteiger partial charge is 0.386 e. The number of ether oxygens (including phenoxy) is 1. The van der Waals surface area contributed by atoms with Gasteiger partial charge in [-0.05, 0) is 11.6 Å². The molecule has 1 atom stereocenters. The van der Waals surface area contributed by atoms with E-state index in [9.17, 15) is 14.4 Å². The van der Waals surface area contributed by atoms with E-state index in [1.807, 2.05) is 24.3 Å². The van der Waals surface area contributed by atoms with Gasteiger partial charge in [-0.2, -0.15) is 0 Å². The van der Waals surface area contributed by atoms with Gasteiger partial charge < -0.3 is 15.5 Å². The zero-order chi connectivity index (χ0) is 14.7. The number of rotatable bonds is 4. The predicted molar refractivity (Wildman–Crippen MR) is 71.8 cm³/mol. The molecule has 104 valence electrons. The molecule has 0 fully saturated rings. The summed E-state index contributed by atoms with van der Waals surface area (Å²) < 4.78 is 4.37. The van der Waals surface area contributed by atoms with Gasteiger partial charge in [-0.3, -0.25) is 4.79 Å². The minimum absolute atomic E-state index is 0.216. The van der Waals surface area contributed by atoms with Crippen LogP contribution in [0.3, 0.4) is 0 Å². The first-order valence-corrected chi connectivity index (χ1v) is 6.06. The van der Waals surface area contributed by atoms with E-state index >= 15 is 0 Å². The Balaban J connectivity index is 2.08. The molecule has 1 aromatic carbocycles. The van der Waals surface area contributed by atoms with Crippen LogP contribution in [0.5, 0.6) is 0 Å². The third-order valence-electron chi connectivity index (χ3n) is 2.90. The smallest absolute Gasteiger partial charge is 0.381 e. The fraction of sp³-hybridized carbons (Fsp3) is 0.214. The van der Waals surface area contributed by atoms with Crippen LogP contribution in [0.25, 0.3) is 10.9 Å². The molecule has 0 unspecified atom stereocenters. The lowest BCUT2D eigenvalue weighted by atomic mass is 10.1. The topological polar surface area (TPSA) is 102 Å². The number of ketones is 1. The van der Waals surface area contributed by atoms with Crippen LogP contribution in [0.15, 0.2) is 30.5 Å². The molecule has 3 N–H and O–H groups in total. The third kappa shape index (κ3) is 2.92. The second-order valence-electron chi connectivity index (χ2n) is 4.43. The molecule has 6 heteroatoms. The monoisotopic (exact) mass is 274 g/mol. The minimum atomic E-state index is -1.19. The lowest BCUT2D eigenvalue weighted by Gasteiger charge is -2.08. The summed E-state index contributed by atoms with van der Waals surface area (Å²) >= 11 is 0. The number of aromatic amines is 1. The van der Waals surface area contributed by atoms with Gasteiger partial charge in [0.25, 0.3) is 0 Å². The maximum atomic E-state index is 11.6. The van der Waals surface area contributed by atoms with E-state index in [0.717, 1.165) is 23.4 Å². The Labute approximate surface area is 114 Å². The molecular weight excluding hydrogens is 260 g/mol. The summed E-state index contributed by atoms with van der Waals surface area (Å²) in [6, 6.07) is 6.57. The van der Waals surface area contributed by atoms with Gasteiger partial charge in [-0.25, -0.2) is 9.59 Å². The molecule has 0 bridgehead atoms. The lowest BCUT2D eigenvalue weighted by Crippen LogP contribution is -2.36. The third-order valence-corrected chi connectivity index (χ3v) is 2.90. The van der Waals surface area contributed by atoms with Gasteiger partial charge >= 0.3 is 11.9 Å². The Morgan fingerprint density at radius 2 is 2.00 bits per heavy atom. The first kappa shape index (κ1) is 14.0. The number of hydrogen-bond donors (Lipinski definition) is 2. The summed E-state index contributed by atoms with van der Waals surface area (Å²) in [5.41, 5.74) is 7.48. The van der Waals surface area contributed by atoms with Crippen LogP contribution in [0, 0.1) is 0 Å². The summed E-state index contributed by atoms with van der Waals surface area (Å²) in [5.74, 6) is -2.93. The van der Waals surface area contributed by atoms with E-state index in [0.29, 0.717) is 0 Å². The average Bonchev–Trinajstić information content (AvgIpc) is 2.82. The zero-order valence-electron chi connectivity index (χ0n) is 10.9. The Bertz CT molecular complexity index is 675. The van der Waals surface area contributed by atoms with Crippen LogP contribution in [-0.4, -0.2) is 28.7 Å². The molecule has 0 amide bonds. The highest BCUT2D eigenvalue weighted by Gasteiger charge is 2.22. The highest BCUT2D eigenvalue weighted by Crippen LogP contribution is 2.18. The quantitative estimate of drug-likeness (QED) is 0.485. The van der Waals surface area contributed by atoms with Crippen molar-refractivity contribution in [3.63, 3.8) is 0 Å².